The second kappa shape index (κ2) is 9.53. The summed E-state index contributed by atoms with van der Waals surface area (Å²) in [5.41, 5.74) is 0.855. The zero-order valence-electron chi connectivity index (χ0n) is 16.8. The average Bonchev–Trinajstić information content (AvgIpc) is 3.33. The smallest absolute Gasteiger partial charge is 0.225 e. The highest BCUT2D eigenvalue weighted by atomic mass is 32.1. The van der Waals surface area contributed by atoms with Crippen LogP contribution in [0.15, 0.2) is 41.9 Å². The van der Waals surface area contributed by atoms with Crippen molar-refractivity contribution in [3.05, 3.63) is 52.5 Å². The van der Waals surface area contributed by atoms with E-state index in [1.165, 1.54) is 19.3 Å². The molecule has 1 aliphatic carbocycles. The van der Waals surface area contributed by atoms with E-state index in [1.807, 2.05) is 40.6 Å². The van der Waals surface area contributed by atoms with Crippen LogP contribution in [0.1, 0.15) is 61.6 Å². The molecule has 1 N–H and O–H groups in total. The van der Waals surface area contributed by atoms with Gasteiger partial charge in [-0.15, -0.1) is 11.3 Å². The second-order valence-electron chi connectivity index (χ2n) is 8.15. The number of pyridine rings is 1. The highest BCUT2D eigenvalue weighted by molar-refractivity contribution is 7.10. The van der Waals surface area contributed by atoms with E-state index in [9.17, 15) is 9.59 Å². The van der Waals surface area contributed by atoms with Gasteiger partial charge in [0.05, 0.1) is 5.69 Å². The first-order chi connectivity index (χ1) is 14.2. The third kappa shape index (κ3) is 4.86. The second-order valence-corrected chi connectivity index (χ2v) is 9.13. The summed E-state index contributed by atoms with van der Waals surface area (Å²) in [6, 6.07) is 9.61. The Morgan fingerprint density at radius 3 is 2.45 bits per heavy atom. The van der Waals surface area contributed by atoms with E-state index in [1.54, 1.807) is 17.5 Å². The van der Waals surface area contributed by atoms with Crippen molar-refractivity contribution in [2.75, 3.05) is 13.1 Å². The topological polar surface area (TPSA) is 62.3 Å². The van der Waals surface area contributed by atoms with Crippen molar-refractivity contribution in [1.82, 2.24) is 15.2 Å². The summed E-state index contributed by atoms with van der Waals surface area (Å²) in [5.74, 6) is 0.547. The Morgan fingerprint density at radius 1 is 1.00 bits per heavy atom. The molecule has 0 aromatic carbocycles. The van der Waals surface area contributed by atoms with Crippen LogP contribution in [0.25, 0.3) is 0 Å². The lowest BCUT2D eigenvalue weighted by molar-refractivity contribution is -0.140. The van der Waals surface area contributed by atoms with E-state index in [4.69, 9.17) is 0 Å². The summed E-state index contributed by atoms with van der Waals surface area (Å²) in [6.07, 6.45) is 8.91. The zero-order chi connectivity index (χ0) is 20.1. The van der Waals surface area contributed by atoms with Crippen molar-refractivity contribution >= 4 is 23.2 Å². The average molecular weight is 412 g/mol. The molecule has 3 heterocycles. The van der Waals surface area contributed by atoms with Gasteiger partial charge in [-0.1, -0.05) is 31.4 Å². The van der Waals surface area contributed by atoms with Crippen LogP contribution >= 0.6 is 11.3 Å². The maximum atomic E-state index is 13.0. The van der Waals surface area contributed by atoms with E-state index in [0.717, 1.165) is 36.3 Å². The predicted octanol–water partition coefficient (Wildman–Crippen LogP) is 4.17. The van der Waals surface area contributed by atoms with Crippen molar-refractivity contribution in [3.63, 3.8) is 0 Å². The lowest BCUT2D eigenvalue weighted by Gasteiger charge is -2.35. The minimum Gasteiger partial charge on any atom is -0.343 e. The maximum absolute atomic E-state index is 13.0. The Hall–Kier alpha value is -2.21. The summed E-state index contributed by atoms with van der Waals surface area (Å²) in [7, 11) is 0. The first kappa shape index (κ1) is 20.1. The molecule has 2 aromatic rings. The van der Waals surface area contributed by atoms with Crippen LogP contribution in [0.5, 0.6) is 0 Å². The Labute approximate surface area is 176 Å². The van der Waals surface area contributed by atoms with E-state index in [2.05, 4.69) is 10.3 Å². The van der Waals surface area contributed by atoms with Gasteiger partial charge in [-0.05, 0) is 49.3 Å². The Balaban J connectivity index is 1.35. The van der Waals surface area contributed by atoms with Gasteiger partial charge in [-0.25, -0.2) is 0 Å². The minimum atomic E-state index is -0.217. The standard InChI is InChI=1S/C23H29N3O2S/c27-22(25-21(20-10-6-16-29-20)19-9-4-5-13-24-19)17-11-14-26(15-12-17)23(28)18-7-2-1-3-8-18/h4-6,9-10,13,16-18,21H,1-3,7-8,11-12,14-15H2,(H,25,27). The summed E-state index contributed by atoms with van der Waals surface area (Å²) < 4.78 is 0. The first-order valence-corrected chi connectivity index (χ1v) is 11.6. The van der Waals surface area contributed by atoms with Gasteiger partial charge >= 0.3 is 0 Å². The van der Waals surface area contributed by atoms with Gasteiger partial charge in [0.25, 0.3) is 0 Å². The van der Waals surface area contributed by atoms with Gasteiger partial charge in [0.15, 0.2) is 0 Å². The summed E-state index contributed by atoms with van der Waals surface area (Å²) in [5, 5.41) is 5.24. The van der Waals surface area contributed by atoms with Gasteiger partial charge in [-0.3, -0.25) is 14.6 Å². The van der Waals surface area contributed by atoms with Crippen LogP contribution in [-0.2, 0) is 9.59 Å². The Bertz CT molecular complexity index is 795. The molecule has 2 aliphatic rings. The lowest BCUT2D eigenvalue weighted by atomic mass is 9.87. The molecule has 154 valence electrons. The molecule has 5 nitrogen and oxygen atoms in total. The summed E-state index contributed by atoms with van der Waals surface area (Å²) >= 11 is 1.63. The van der Waals surface area contributed by atoms with Crippen LogP contribution in [0.4, 0.5) is 0 Å². The molecule has 0 spiro atoms. The van der Waals surface area contributed by atoms with Crippen LogP contribution in [0.3, 0.4) is 0 Å². The molecular formula is C23H29N3O2S. The van der Waals surface area contributed by atoms with E-state index < -0.39 is 0 Å². The number of hydrogen-bond acceptors (Lipinski definition) is 4. The fourth-order valence-corrected chi connectivity index (χ4v) is 5.31. The molecule has 1 atom stereocenters. The maximum Gasteiger partial charge on any atom is 0.225 e. The van der Waals surface area contributed by atoms with Gasteiger partial charge in [0.2, 0.25) is 11.8 Å². The number of hydrogen-bond donors (Lipinski definition) is 1. The van der Waals surface area contributed by atoms with Crippen molar-refractivity contribution in [2.24, 2.45) is 11.8 Å². The quantitative estimate of drug-likeness (QED) is 0.803. The van der Waals surface area contributed by atoms with Crippen LogP contribution in [0.2, 0.25) is 0 Å². The fourth-order valence-electron chi connectivity index (χ4n) is 4.52. The Kier molecular flexibility index (Phi) is 6.60. The van der Waals surface area contributed by atoms with E-state index in [-0.39, 0.29) is 23.8 Å². The normalized spacial score (nSPS) is 19.7. The molecule has 0 bridgehead atoms. The number of nitrogens with zero attached hydrogens (tertiary/aromatic N) is 2. The number of nitrogens with one attached hydrogen (secondary N) is 1. The molecule has 6 heteroatoms. The summed E-state index contributed by atoms with van der Waals surface area (Å²) in [6.45, 7) is 1.39. The molecule has 1 unspecified atom stereocenters. The fraction of sp³-hybridized carbons (Fsp3) is 0.522. The SMILES string of the molecule is O=C(NC(c1ccccn1)c1cccs1)C1CCN(C(=O)C2CCCCC2)CC1. The molecule has 2 amide bonds. The molecule has 1 saturated heterocycles. The number of carbonyl (C=O) groups excluding carboxylic acids is 2. The molecule has 0 radical (unpaired) electrons. The zero-order valence-corrected chi connectivity index (χ0v) is 17.6. The molecule has 2 aromatic heterocycles. The number of piperidine rings is 1. The van der Waals surface area contributed by atoms with Crippen molar-refractivity contribution in [3.8, 4) is 0 Å². The van der Waals surface area contributed by atoms with Crippen molar-refractivity contribution in [2.45, 2.75) is 51.0 Å². The van der Waals surface area contributed by atoms with Crippen LogP contribution < -0.4 is 5.32 Å². The number of thiophene rings is 1. The number of rotatable bonds is 5. The Morgan fingerprint density at radius 2 is 1.79 bits per heavy atom. The third-order valence-corrected chi connectivity index (χ3v) is 7.17. The molecule has 4 rings (SSSR count). The highest BCUT2D eigenvalue weighted by Gasteiger charge is 2.32. The van der Waals surface area contributed by atoms with E-state index in [0.29, 0.717) is 19.0 Å². The van der Waals surface area contributed by atoms with Gasteiger partial charge in [0.1, 0.15) is 6.04 Å². The van der Waals surface area contributed by atoms with Gasteiger partial charge in [0, 0.05) is 36.0 Å². The van der Waals surface area contributed by atoms with Crippen molar-refractivity contribution in [1.29, 1.82) is 0 Å². The van der Waals surface area contributed by atoms with Crippen LogP contribution in [0, 0.1) is 11.8 Å². The molecule has 2 fully saturated rings. The number of carbonyl (C=O) groups is 2. The lowest BCUT2D eigenvalue weighted by Crippen LogP contribution is -2.45. The van der Waals surface area contributed by atoms with Gasteiger partial charge < -0.3 is 10.2 Å². The first-order valence-electron chi connectivity index (χ1n) is 10.8. The molecule has 1 saturated carbocycles. The predicted molar refractivity (Wildman–Crippen MR) is 114 cm³/mol. The van der Waals surface area contributed by atoms with Crippen LogP contribution in [-0.4, -0.2) is 34.8 Å². The summed E-state index contributed by atoms with van der Waals surface area (Å²) in [4.78, 5) is 33.3. The molecule has 29 heavy (non-hydrogen) atoms. The molecule has 1 aliphatic heterocycles. The molecular weight excluding hydrogens is 382 g/mol. The number of likely N-dealkylation sites (tertiary alicyclic amines) is 1. The minimum absolute atomic E-state index is 0.0448. The largest absolute Gasteiger partial charge is 0.343 e. The third-order valence-electron chi connectivity index (χ3n) is 6.23. The number of aromatic nitrogens is 1. The number of amides is 2. The van der Waals surface area contributed by atoms with Gasteiger partial charge in [-0.2, -0.15) is 0 Å². The van der Waals surface area contributed by atoms with Crippen molar-refractivity contribution < 1.29 is 9.59 Å². The van der Waals surface area contributed by atoms with E-state index >= 15 is 0 Å². The highest BCUT2D eigenvalue weighted by Crippen LogP contribution is 2.29. The monoisotopic (exact) mass is 411 g/mol.